The van der Waals surface area contributed by atoms with Crippen LogP contribution in [-0.4, -0.2) is 0 Å². The lowest BCUT2D eigenvalue weighted by molar-refractivity contribution is 0.707. The molecule has 0 radical (unpaired) electrons. The standard InChI is InChI=1S/C25H21Cl/c1-18-24(25(18,2)21-13-15-22(26)16-14-21)17-23(19-9-5-3-6-10-19)20-11-7-4-8-12-20/h3-16,18H,1-2H3/t18-,25-/m0/s1. The van der Waals surface area contributed by atoms with Crippen LogP contribution in [0.5, 0.6) is 0 Å². The third kappa shape index (κ3) is 2.92. The molecule has 1 heteroatoms. The number of benzene rings is 3. The van der Waals surface area contributed by atoms with Gasteiger partial charge in [-0.3, -0.25) is 0 Å². The lowest BCUT2D eigenvalue weighted by Gasteiger charge is -2.09. The van der Waals surface area contributed by atoms with Crippen LogP contribution in [0.4, 0.5) is 0 Å². The Kier molecular flexibility index (Phi) is 4.32. The number of hydrogen-bond donors (Lipinski definition) is 0. The van der Waals surface area contributed by atoms with Gasteiger partial charge in [-0.15, -0.1) is 5.73 Å². The topological polar surface area (TPSA) is 0 Å². The quantitative estimate of drug-likeness (QED) is 0.447. The Morgan fingerprint density at radius 1 is 0.808 bits per heavy atom. The minimum absolute atomic E-state index is 0.0272. The molecule has 1 fully saturated rings. The zero-order valence-corrected chi connectivity index (χ0v) is 15.8. The van der Waals surface area contributed by atoms with Crippen LogP contribution in [0, 0.1) is 5.92 Å². The Labute approximate surface area is 160 Å². The van der Waals surface area contributed by atoms with Crippen LogP contribution in [0.15, 0.2) is 96.2 Å². The van der Waals surface area contributed by atoms with Gasteiger partial charge in [0.25, 0.3) is 0 Å². The van der Waals surface area contributed by atoms with Gasteiger partial charge in [-0.05, 0) is 40.3 Å². The van der Waals surface area contributed by atoms with E-state index < -0.39 is 0 Å². The number of halogens is 1. The summed E-state index contributed by atoms with van der Waals surface area (Å²) in [7, 11) is 0. The van der Waals surface area contributed by atoms with Gasteiger partial charge in [0.1, 0.15) is 0 Å². The highest BCUT2D eigenvalue weighted by Gasteiger charge is 2.54. The van der Waals surface area contributed by atoms with Gasteiger partial charge in [-0.25, -0.2) is 0 Å². The molecule has 1 aliphatic rings. The van der Waals surface area contributed by atoms with Gasteiger partial charge in [-0.2, -0.15) is 0 Å². The van der Waals surface area contributed by atoms with E-state index in [-0.39, 0.29) is 5.41 Å². The van der Waals surface area contributed by atoms with E-state index in [9.17, 15) is 0 Å². The lowest BCUT2D eigenvalue weighted by Crippen LogP contribution is -2.02. The molecule has 3 aromatic rings. The molecule has 0 aromatic heterocycles. The first-order valence-corrected chi connectivity index (χ1v) is 9.36. The third-order valence-corrected chi connectivity index (χ3v) is 5.86. The van der Waals surface area contributed by atoms with E-state index >= 15 is 0 Å². The van der Waals surface area contributed by atoms with Crippen molar-refractivity contribution in [3.8, 4) is 0 Å². The smallest absolute Gasteiger partial charge is 0.0406 e. The maximum absolute atomic E-state index is 6.07. The molecule has 0 heterocycles. The summed E-state index contributed by atoms with van der Waals surface area (Å²) in [5.74, 6) is 0.464. The molecule has 128 valence electrons. The summed E-state index contributed by atoms with van der Waals surface area (Å²) >= 11 is 6.07. The Morgan fingerprint density at radius 3 is 1.81 bits per heavy atom. The predicted molar refractivity (Wildman–Crippen MR) is 110 cm³/mol. The van der Waals surface area contributed by atoms with Crippen molar-refractivity contribution in [1.82, 2.24) is 0 Å². The second kappa shape index (κ2) is 6.65. The summed E-state index contributed by atoms with van der Waals surface area (Å²) in [5.41, 5.74) is 10.0. The predicted octanol–water partition coefficient (Wildman–Crippen LogP) is 6.90. The van der Waals surface area contributed by atoms with Crippen molar-refractivity contribution >= 4 is 17.2 Å². The summed E-state index contributed by atoms with van der Waals surface area (Å²) in [6.07, 6.45) is 0. The Morgan fingerprint density at radius 2 is 1.31 bits per heavy atom. The first-order chi connectivity index (χ1) is 12.6. The molecule has 2 atom stereocenters. The summed E-state index contributed by atoms with van der Waals surface area (Å²) in [4.78, 5) is 0. The highest BCUT2D eigenvalue weighted by molar-refractivity contribution is 6.30. The zero-order valence-electron chi connectivity index (χ0n) is 15.0. The maximum atomic E-state index is 6.07. The molecule has 0 aliphatic heterocycles. The van der Waals surface area contributed by atoms with Gasteiger partial charge in [0, 0.05) is 16.0 Å². The van der Waals surface area contributed by atoms with Crippen molar-refractivity contribution in [1.29, 1.82) is 0 Å². The molecular formula is C25H21Cl. The average molecular weight is 357 g/mol. The van der Waals surface area contributed by atoms with Crippen molar-refractivity contribution < 1.29 is 0 Å². The van der Waals surface area contributed by atoms with E-state index in [0.29, 0.717) is 5.92 Å². The Bertz CT molecular complexity index is 936. The van der Waals surface area contributed by atoms with Crippen LogP contribution in [0.1, 0.15) is 30.5 Å². The van der Waals surface area contributed by atoms with E-state index in [2.05, 4.69) is 92.4 Å². The molecule has 0 N–H and O–H groups in total. The van der Waals surface area contributed by atoms with Crippen LogP contribution in [0.3, 0.4) is 0 Å². The minimum Gasteiger partial charge on any atom is -0.111 e. The minimum atomic E-state index is 0.0272. The van der Waals surface area contributed by atoms with Gasteiger partial charge in [0.05, 0.1) is 0 Å². The molecule has 3 aromatic carbocycles. The van der Waals surface area contributed by atoms with Crippen LogP contribution >= 0.6 is 11.6 Å². The SMILES string of the molecule is C[C@H]1C(=C=C(c2ccccc2)c2ccccc2)[C@]1(C)c1ccc(Cl)cc1. The van der Waals surface area contributed by atoms with Crippen LogP contribution in [-0.2, 0) is 5.41 Å². The van der Waals surface area contributed by atoms with E-state index in [1.807, 2.05) is 12.1 Å². The van der Waals surface area contributed by atoms with Crippen molar-refractivity contribution in [2.45, 2.75) is 19.3 Å². The molecule has 0 amide bonds. The molecule has 0 spiro atoms. The van der Waals surface area contributed by atoms with E-state index in [1.165, 1.54) is 22.3 Å². The van der Waals surface area contributed by atoms with E-state index in [0.717, 1.165) is 10.6 Å². The lowest BCUT2D eigenvalue weighted by atomic mass is 9.94. The zero-order chi connectivity index (χ0) is 18.1. The fraction of sp³-hybridized carbons (Fsp3) is 0.160. The van der Waals surface area contributed by atoms with Gasteiger partial charge >= 0.3 is 0 Å². The monoisotopic (exact) mass is 356 g/mol. The van der Waals surface area contributed by atoms with Gasteiger partial charge in [0.15, 0.2) is 0 Å². The van der Waals surface area contributed by atoms with Crippen molar-refractivity contribution in [2.75, 3.05) is 0 Å². The van der Waals surface area contributed by atoms with Crippen LogP contribution in [0.25, 0.3) is 5.57 Å². The molecule has 0 unspecified atom stereocenters. The second-order valence-corrected chi connectivity index (χ2v) is 7.51. The fourth-order valence-electron chi connectivity index (χ4n) is 3.72. The first kappa shape index (κ1) is 16.9. The summed E-state index contributed by atoms with van der Waals surface area (Å²) in [6, 6.07) is 29.3. The van der Waals surface area contributed by atoms with E-state index in [4.69, 9.17) is 11.6 Å². The molecule has 26 heavy (non-hydrogen) atoms. The van der Waals surface area contributed by atoms with Gasteiger partial charge in [-0.1, -0.05) is 98.2 Å². The molecule has 0 nitrogen and oxygen atoms in total. The number of rotatable bonds is 3. The fourth-order valence-corrected chi connectivity index (χ4v) is 3.85. The molecule has 0 bridgehead atoms. The Hall–Kier alpha value is -2.53. The largest absolute Gasteiger partial charge is 0.111 e. The maximum Gasteiger partial charge on any atom is 0.0406 e. The highest BCUT2D eigenvalue weighted by Crippen LogP contribution is 2.59. The van der Waals surface area contributed by atoms with E-state index in [1.54, 1.807) is 0 Å². The van der Waals surface area contributed by atoms with Crippen molar-refractivity contribution in [2.24, 2.45) is 5.92 Å². The van der Waals surface area contributed by atoms with Crippen LogP contribution < -0.4 is 0 Å². The highest BCUT2D eigenvalue weighted by atomic mass is 35.5. The average Bonchev–Trinajstić information content (AvgIpc) is 3.22. The van der Waals surface area contributed by atoms with Gasteiger partial charge < -0.3 is 0 Å². The third-order valence-electron chi connectivity index (χ3n) is 5.60. The normalized spacial score (nSPS) is 21.2. The summed E-state index contributed by atoms with van der Waals surface area (Å²) in [5, 5.41) is 0.779. The Balaban J connectivity index is 1.88. The summed E-state index contributed by atoms with van der Waals surface area (Å²) in [6.45, 7) is 4.58. The molecule has 0 saturated heterocycles. The second-order valence-electron chi connectivity index (χ2n) is 7.08. The molecule has 1 aliphatic carbocycles. The molecule has 4 rings (SSSR count). The van der Waals surface area contributed by atoms with Crippen LogP contribution in [0.2, 0.25) is 5.02 Å². The van der Waals surface area contributed by atoms with Crippen molar-refractivity contribution in [3.63, 3.8) is 0 Å². The van der Waals surface area contributed by atoms with Gasteiger partial charge in [0.2, 0.25) is 0 Å². The first-order valence-electron chi connectivity index (χ1n) is 8.99. The molecule has 1 saturated carbocycles. The summed E-state index contributed by atoms with van der Waals surface area (Å²) < 4.78 is 0. The van der Waals surface area contributed by atoms with Crippen molar-refractivity contribution in [3.05, 3.63) is 118 Å². The molecular weight excluding hydrogens is 336 g/mol. The number of allylic oxidation sites excluding steroid dienone is 1. The number of hydrogen-bond acceptors (Lipinski definition) is 0.